The maximum Gasteiger partial charge on any atom is 0.225 e. The Kier molecular flexibility index (Phi) is 6.46. The topological polar surface area (TPSA) is 70.6 Å². The van der Waals surface area contributed by atoms with Crippen LogP contribution < -0.4 is 19.9 Å². The quantitative estimate of drug-likeness (QED) is 0.809. The highest BCUT2D eigenvalue weighted by Gasteiger charge is 2.19. The molecule has 1 saturated heterocycles. The lowest BCUT2D eigenvalue weighted by Crippen LogP contribution is -2.46. The van der Waals surface area contributed by atoms with Crippen molar-refractivity contribution in [1.29, 1.82) is 0 Å². The van der Waals surface area contributed by atoms with Gasteiger partial charge in [0.15, 0.2) is 11.6 Å². The molecule has 0 bridgehead atoms. The minimum absolute atomic E-state index is 0.00740. The summed E-state index contributed by atoms with van der Waals surface area (Å²) in [5.41, 5.74) is 1.20. The molecule has 1 aliphatic rings. The fourth-order valence-electron chi connectivity index (χ4n) is 3.09. The van der Waals surface area contributed by atoms with Gasteiger partial charge < -0.3 is 19.9 Å². The molecule has 0 atom stereocenters. The average Bonchev–Trinajstić information content (AvgIpc) is 2.73. The van der Waals surface area contributed by atoms with Gasteiger partial charge in [-0.3, -0.25) is 4.79 Å². The molecule has 0 spiro atoms. The van der Waals surface area contributed by atoms with Crippen LogP contribution in [0.25, 0.3) is 0 Å². The average molecular weight is 369 g/mol. The molecule has 0 unspecified atom stereocenters. The van der Waals surface area contributed by atoms with Crippen LogP contribution in [0.15, 0.2) is 36.4 Å². The van der Waals surface area contributed by atoms with Crippen molar-refractivity contribution in [3.05, 3.63) is 36.4 Å². The first-order valence-electron chi connectivity index (χ1n) is 9.47. The van der Waals surface area contributed by atoms with Crippen LogP contribution >= 0.6 is 0 Å². The maximum atomic E-state index is 11.8. The molecule has 7 nitrogen and oxygen atoms in total. The van der Waals surface area contributed by atoms with E-state index in [0.717, 1.165) is 50.6 Å². The van der Waals surface area contributed by atoms with E-state index in [-0.39, 0.29) is 5.91 Å². The molecule has 27 heavy (non-hydrogen) atoms. The lowest BCUT2D eigenvalue weighted by molar-refractivity contribution is -0.116. The second-order valence-electron chi connectivity index (χ2n) is 6.60. The van der Waals surface area contributed by atoms with E-state index in [4.69, 9.17) is 4.74 Å². The van der Waals surface area contributed by atoms with E-state index in [1.807, 2.05) is 24.3 Å². The van der Waals surface area contributed by atoms with Crippen LogP contribution in [0.1, 0.15) is 26.2 Å². The summed E-state index contributed by atoms with van der Waals surface area (Å²) < 4.78 is 5.22. The summed E-state index contributed by atoms with van der Waals surface area (Å²) in [5, 5.41) is 11.2. The van der Waals surface area contributed by atoms with Gasteiger partial charge in [-0.1, -0.05) is 13.3 Å². The van der Waals surface area contributed by atoms with Crippen molar-refractivity contribution >= 4 is 23.2 Å². The lowest BCUT2D eigenvalue weighted by Gasteiger charge is -2.36. The number of methoxy groups -OCH3 is 1. The monoisotopic (exact) mass is 369 g/mol. The fourth-order valence-corrected chi connectivity index (χ4v) is 3.09. The molecule has 0 aliphatic carbocycles. The smallest absolute Gasteiger partial charge is 0.225 e. The normalized spacial score (nSPS) is 14.1. The number of carbonyl (C=O) groups is 1. The van der Waals surface area contributed by atoms with Crippen LogP contribution in [0, 0.1) is 0 Å². The lowest BCUT2D eigenvalue weighted by atomic mass is 10.2. The second-order valence-corrected chi connectivity index (χ2v) is 6.60. The zero-order valence-corrected chi connectivity index (χ0v) is 16.0. The second kappa shape index (κ2) is 9.21. The Balaban J connectivity index is 1.52. The number of hydrogen-bond acceptors (Lipinski definition) is 6. The Hall–Kier alpha value is -2.83. The molecule has 2 aromatic rings. The van der Waals surface area contributed by atoms with Gasteiger partial charge in [-0.15, -0.1) is 10.2 Å². The highest BCUT2D eigenvalue weighted by molar-refractivity contribution is 5.89. The molecule has 1 amide bonds. The summed E-state index contributed by atoms with van der Waals surface area (Å²) in [4.78, 5) is 16.3. The van der Waals surface area contributed by atoms with E-state index in [2.05, 4.69) is 44.4 Å². The fraction of sp³-hybridized carbons (Fsp3) is 0.450. The Labute approximate surface area is 160 Å². The van der Waals surface area contributed by atoms with Crippen LogP contribution in [0.5, 0.6) is 5.75 Å². The number of amides is 1. The molecular formula is C20H27N5O2. The standard InChI is InChI=1S/C20H27N5O2/c1-3-4-5-20(26)21-18-10-11-19(23-22-18)25-14-12-24(13-15-25)16-6-8-17(27-2)9-7-16/h6-11H,3-5,12-15H2,1-2H3,(H,21,22,26). The molecule has 1 aromatic carbocycles. The summed E-state index contributed by atoms with van der Waals surface area (Å²) in [6.45, 7) is 5.66. The van der Waals surface area contributed by atoms with Gasteiger partial charge in [0.1, 0.15) is 5.75 Å². The number of carbonyl (C=O) groups excluding carboxylic acids is 1. The third kappa shape index (κ3) is 5.09. The Morgan fingerprint density at radius 2 is 1.74 bits per heavy atom. The van der Waals surface area contributed by atoms with Crippen LogP contribution in [-0.2, 0) is 4.79 Å². The van der Waals surface area contributed by atoms with E-state index in [1.165, 1.54) is 5.69 Å². The number of anilines is 3. The Bertz CT molecular complexity index is 725. The highest BCUT2D eigenvalue weighted by Crippen LogP contribution is 2.22. The molecule has 3 rings (SSSR count). The first-order chi connectivity index (χ1) is 13.2. The van der Waals surface area contributed by atoms with Gasteiger partial charge in [-0.25, -0.2) is 0 Å². The SMILES string of the molecule is CCCCC(=O)Nc1ccc(N2CCN(c3ccc(OC)cc3)CC2)nn1. The highest BCUT2D eigenvalue weighted by atomic mass is 16.5. The molecule has 7 heteroatoms. The molecule has 1 fully saturated rings. The first kappa shape index (κ1) is 18.9. The molecule has 0 radical (unpaired) electrons. The maximum absolute atomic E-state index is 11.8. The van der Waals surface area contributed by atoms with Gasteiger partial charge >= 0.3 is 0 Å². The van der Waals surface area contributed by atoms with E-state index in [0.29, 0.717) is 12.2 Å². The summed E-state index contributed by atoms with van der Waals surface area (Å²) in [6, 6.07) is 11.9. The van der Waals surface area contributed by atoms with Crippen molar-refractivity contribution in [3.8, 4) is 5.75 Å². The summed E-state index contributed by atoms with van der Waals surface area (Å²) >= 11 is 0. The number of benzene rings is 1. The van der Waals surface area contributed by atoms with Gasteiger partial charge in [0.25, 0.3) is 0 Å². The van der Waals surface area contributed by atoms with E-state index in [9.17, 15) is 4.79 Å². The minimum atomic E-state index is -0.00740. The molecular weight excluding hydrogens is 342 g/mol. The summed E-state index contributed by atoms with van der Waals surface area (Å²) in [5.74, 6) is 2.22. The van der Waals surface area contributed by atoms with Crippen molar-refractivity contribution < 1.29 is 9.53 Å². The minimum Gasteiger partial charge on any atom is -0.497 e. The van der Waals surface area contributed by atoms with Gasteiger partial charge in [-0.05, 0) is 42.8 Å². The van der Waals surface area contributed by atoms with Crippen molar-refractivity contribution in [3.63, 3.8) is 0 Å². The largest absolute Gasteiger partial charge is 0.497 e. The van der Waals surface area contributed by atoms with Crippen LogP contribution in [0.4, 0.5) is 17.3 Å². The van der Waals surface area contributed by atoms with Gasteiger partial charge in [0.05, 0.1) is 7.11 Å². The molecule has 144 valence electrons. The molecule has 0 saturated carbocycles. The van der Waals surface area contributed by atoms with Crippen molar-refractivity contribution in [2.24, 2.45) is 0 Å². The third-order valence-electron chi connectivity index (χ3n) is 4.72. The molecule has 1 N–H and O–H groups in total. The van der Waals surface area contributed by atoms with Crippen LogP contribution in [-0.4, -0.2) is 49.4 Å². The number of nitrogens with zero attached hydrogens (tertiary/aromatic N) is 4. The number of aromatic nitrogens is 2. The van der Waals surface area contributed by atoms with E-state index >= 15 is 0 Å². The zero-order chi connectivity index (χ0) is 19.1. The Morgan fingerprint density at radius 1 is 1.04 bits per heavy atom. The Morgan fingerprint density at radius 3 is 2.33 bits per heavy atom. The van der Waals surface area contributed by atoms with E-state index < -0.39 is 0 Å². The summed E-state index contributed by atoms with van der Waals surface area (Å²) in [6.07, 6.45) is 2.41. The number of rotatable bonds is 7. The number of ether oxygens (including phenoxy) is 1. The first-order valence-corrected chi connectivity index (χ1v) is 9.47. The predicted octanol–water partition coefficient (Wildman–Crippen LogP) is 2.94. The summed E-state index contributed by atoms with van der Waals surface area (Å²) in [7, 11) is 1.68. The van der Waals surface area contributed by atoms with Gasteiger partial charge in [0, 0.05) is 38.3 Å². The van der Waals surface area contributed by atoms with Gasteiger partial charge in [0.2, 0.25) is 5.91 Å². The predicted molar refractivity (Wildman–Crippen MR) is 108 cm³/mol. The molecule has 2 heterocycles. The molecule has 1 aliphatic heterocycles. The van der Waals surface area contributed by atoms with E-state index in [1.54, 1.807) is 7.11 Å². The zero-order valence-electron chi connectivity index (χ0n) is 16.0. The number of unbranched alkanes of at least 4 members (excludes halogenated alkanes) is 1. The van der Waals surface area contributed by atoms with Gasteiger partial charge in [-0.2, -0.15) is 0 Å². The molecule has 1 aromatic heterocycles. The van der Waals surface area contributed by atoms with Crippen LogP contribution in [0.3, 0.4) is 0 Å². The van der Waals surface area contributed by atoms with Crippen molar-refractivity contribution in [2.75, 3.05) is 48.4 Å². The van der Waals surface area contributed by atoms with Crippen molar-refractivity contribution in [1.82, 2.24) is 10.2 Å². The number of hydrogen-bond donors (Lipinski definition) is 1. The van der Waals surface area contributed by atoms with Crippen molar-refractivity contribution in [2.45, 2.75) is 26.2 Å². The number of piperazine rings is 1. The third-order valence-corrected chi connectivity index (χ3v) is 4.72. The number of nitrogens with one attached hydrogen (secondary N) is 1. The van der Waals surface area contributed by atoms with Crippen LogP contribution in [0.2, 0.25) is 0 Å².